The number of ether oxygens (including phenoxy) is 1. The van der Waals surface area contributed by atoms with Crippen molar-refractivity contribution >= 4 is 6.09 Å². The van der Waals surface area contributed by atoms with Gasteiger partial charge in [0, 0.05) is 19.3 Å². The summed E-state index contributed by atoms with van der Waals surface area (Å²) in [6, 6.07) is 2.38. The van der Waals surface area contributed by atoms with Crippen LogP contribution in [0.25, 0.3) is 0 Å². The van der Waals surface area contributed by atoms with Gasteiger partial charge in [-0.05, 0) is 52.3 Å². The molecule has 1 aromatic heterocycles. The number of hydrogen-bond donors (Lipinski definition) is 2. The molecule has 5 nitrogen and oxygen atoms in total. The van der Waals surface area contributed by atoms with Crippen molar-refractivity contribution in [1.82, 2.24) is 15.6 Å². The number of aromatic nitrogens is 1. The van der Waals surface area contributed by atoms with Gasteiger partial charge in [-0.15, -0.1) is 0 Å². The minimum atomic E-state index is -4.36. The van der Waals surface area contributed by atoms with E-state index in [1.165, 1.54) is 6.07 Å². The number of nitrogens with one attached hydrogen (secondary N) is 2. The lowest BCUT2D eigenvalue weighted by Crippen LogP contribution is -2.33. The molecule has 0 aliphatic heterocycles. The standard InChI is InChI=1S/C16H24F3N3O2/c1-15(2,3)24-14(23)21-9-5-4-8-20-11-13-7-6-12(10-22-13)16(17,18)19/h6-7,10,20H,4-5,8-9,11H2,1-3H3,(H,21,23). The number of amides is 1. The average Bonchev–Trinajstić information content (AvgIpc) is 2.44. The molecule has 136 valence electrons. The topological polar surface area (TPSA) is 63.2 Å². The monoisotopic (exact) mass is 347 g/mol. The normalized spacial score (nSPS) is 12.1. The number of unbranched alkanes of at least 4 members (excludes halogenated alkanes) is 1. The number of alkyl carbamates (subject to hydrolysis) is 1. The highest BCUT2D eigenvalue weighted by molar-refractivity contribution is 5.67. The Bertz CT molecular complexity index is 511. The minimum absolute atomic E-state index is 0.400. The molecule has 0 aliphatic rings. The lowest BCUT2D eigenvalue weighted by atomic mass is 10.2. The third-order valence-corrected chi connectivity index (χ3v) is 2.91. The first kappa shape index (κ1) is 20.2. The molecule has 0 aliphatic carbocycles. The summed E-state index contributed by atoms with van der Waals surface area (Å²) in [6.45, 7) is 6.98. The Morgan fingerprint density at radius 3 is 2.38 bits per heavy atom. The second-order valence-corrected chi connectivity index (χ2v) is 6.35. The van der Waals surface area contributed by atoms with Crippen molar-refractivity contribution in [3.05, 3.63) is 29.6 Å². The lowest BCUT2D eigenvalue weighted by molar-refractivity contribution is -0.137. The summed E-state index contributed by atoms with van der Waals surface area (Å²) in [6.07, 6.45) is -2.38. The molecule has 24 heavy (non-hydrogen) atoms. The first-order valence-corrected chi connectivity index (χ1v) is 7.77. The first-order chi connectivity index (χ1) is 11.1. The van der Waals surface area contributed by atoms with E-state index in [4.69, 9.17) is 4.74 Å². The van der Waals surface area contributed by atoms with E-state index in [1.807, 2.05) is 0 Å². The van der Waals surface area contributed by atoms with Gasteiger partial charge < -0.3 is 15.4 Å². The number of nitrogens with zero attached hydrogens (tertiary/aromatic N) is 1. The molecule has 0 radical (unpaired) electrons. The van der Waals surface area contributed by atoms with E-state index < -0.39 is 23.4 Å². The molecule has 0 fully saturated rings. The molecule has 8 heteroatoms. The zero-order chi connectivity index (χ0) is 18.2. The molecule has 0 bridgehead atoms. The van der Waals surface area contributed by atoms with Crippen molar-refractivity contribution in [2.24, 2.45) is 0 Å². The van der Waals surface area contributed by atoms with Crippen LogP contribution >= 0.6 is 0 Å². The highest BCUT2D eigenvalue weighted by Gasteiger charge is 2.30. The van der Waals surface area contributed by atoms with E-state index in [2.05, 4.69) is 15.6 Å². The number of pyridine rings is 1. The molecule has 0 spiro atoms. The van der Waals surface area contributed by atoms with Crippen molar-refractivity contribution in [2.75, 3.05) is 13.1 Å². The maximum Gasteiger partial charge on any atom is 0.417 e. The Morgan fingerprint density at radius 2 is 1.83 bits per heavy atom. The van der Waals surface area contributed by atoms with Gasteiger partial charge in [0.05, 0.1) is 11.3 Å². The van der Waals surface area contributed by atoms with Crippen LogP contribution in [0.1, 0.15) is 44.9 Å². The summed E-state index contributed by atoms with van der Waals surface area (Å²) >= 11 is 0. The van der Waals surface area contributed by atoms with E-state index >= 15 is 0 Å². The van der Waals surface area contributed by atoms with Crippen LogP contribution in [-0.2, 0) is 17.5 Å². The fourth-order valence-corrected chi connectivity index (χ4v) is 1.79. The fraction of sp³-hybridized carbons (Fsp3) is 0.625. The summed E-state index contributed by atoms with van der Waals surface area (Å²) < 4.78 is 42.3. The number of rotatable bonds is 7. The molecule has 0 aromatic carbocycles. The van der Waals surface area contributed by atoms with Crippen molar-refractivity contribution in [3.63, 3.8) is 0 Å². The van der Waals surface area contributed by atoms with Crippen LogP contribution in [-0.4, -0.2) is 29.8 Å². The molecule has 1 rings (SSSR count). The van der Waals surface area contributed by atoms with Crippen LogP contribution in [0.15, 0.2) is 18.3 Å². The Hall–Kier alpha value is -1.83. The molecule has 0 saturated heterocycles. The van der Waals surface area contributed by atoms with Gasteiger partial charge in [0.25, 0.3) is 0 Å². The third-order valence-electron chi connectivity index (χ3n) is 2.91. The minimum Gasteiger partial charge on any atom is -0.444 e. The van der Waals surface area contributed by atoms with E-state index in [0.29, 0.717) is 25.3 Å². The number of hydrogen-bond acceptors (Lipinski definition) is 4. The van der Waals surface area contributed by atoms with Crippen LogP contribution < -0.4 is 10.6 Å². The van der Waals surface area contributed by atoms with E-state index in [1.54, 1.807) is 20.8 Å². The van der Waals surface area contributed by atoms with Crippen LogP contribution in [0.2, 0.25) is 0 Å². The van der Waals surface area contributed by atoms with Gasteiger partial charge in [0.2, 0.25) is 0 Å². The van der Waals surface area contributed by atoms with E-state index in [0.717, 1.165) is 25.1 Å². The predicted octanol–water partition coefficient (Wildman–Crippen LogP) is 3.49. The summed E-state index contributed by atoms with van der Waals surface area (Å²) in [5.74, 6) is 0. The largest absolute Gasteiger partial charge is 0.444 e. The van der Waals surface area contributed by atoms with Crippen LogP contribution in [0.3, 0.4) is 0 Å². The fourth-order valence-electron chi connectivity index (χ4n) is 1.79. The van der Waals surface area contributed by atoms with Crippen molar-refractivity contribution in [1.29, 1.82) is 0 Å². The number of carbonyl (C=O) groups is 1. The molecule has 1 aromatic rings. The summed E-state index contributed by atoms with van der Waals surface area (Å²) in [5.41, 5.74) is -0.713. The molecule has 0 unspecified atom stereocenters. The SMILES string of the molecule is CC(C)(C)OC(=O)NCCCCNCc1ccc(C(F)(F)F)cn1. The van der Waals surface area contributed by atoms with Crippen LogP contribution in [0.4, 0.5) is 18.0 Å². The third kappa shape index (κ3) is 8.71. The molecule has 0 atom stereocenters. The maximum atomic E-state index is 12.4. The van der Waals surface area contributed by atoms with Crippen molar-refractivity contribution in [2.45, 2.75) is 51.9 Å². The molecule has 0 saturated carbocycles. The zero-order valence-corrected chi connectivity index (χ0v) is 14.2. The summed E-state index contributed by atoms with van der Waals surface area (Å²) in [4.78, 5) is 15.2. The molecular formula is C16H24F3N3O2. The number of halogens is 3. The predicted molar refractivity (Wildman–Crippen MR) is 84.4 cm³/mol. The number of alkyl halides is 3. The van der Waals surface area contributed by atoms with Gasteiger partial charge in [-0.3, -0.25) is 4.98 Å². The molecule has 1 heterocycles. The van der Waals surface area contributed by atoms with Crippen LogP contribution in [0.5, 0.6) is 0 Å². The Labute approximate surface area is 140 Å². The quantitative estimate of drug-likeness (QED) is 0.741. The van der Waals surface area contributed by atoms with Gasteiger partial charge in [-0.1, -0.05) is 0 Å². The van der Waals surface area contributed by atoms with Gasteiger partial charge in [-0.25, -0.2) is 4.79 Å². The second-order valence-electron chi connectivity index (χ2n) is 6.35. The second kappa shape index (κ2) is 8.86. The van der Waals surface area contributed by atoms with E-state index in [-0.39, 0.29) is 0 Å². The molecule has 1 amide bonds. The smallest absolute Gasteiger partial charge is 0.417 e. The average molecular weight is 347 g/mol. The molecule has 2 N–H and O–H groups in total. The van der Waals surface area contributed by atoms with Gasteiger partial charge in [0.15, 0.2) is 0 Å². The van der Waals surface area contributed by atoms with Crippen molar-refractivity contribution in [3.8, 4) is 0 Å². The van der Waals surface area contributed by atoms with Gasteiger partial charge in [0.1, 0.15) is 5.60 Å². The number of carbonyl (C=O) groups excluding carboxylic acids is 1. The zero-order valence-electron chi connectivity index (χ0n) is 14.2. The summed E-state index contributed by atoms with van der Waals surface area (Å²) in [5, 5.41) is 5.76. The van der Waals surface area contributed by atoms with Crippen LogP contribution in [0, 0.1) is 0 Å². The molecular weight excluding hydrogens is 323 g/mol. The Kier molecular flexibility index (Phi) is 7.47. The highest BCUT2D eigenvalue weighted by Crippen LogP contribution is 2.28. The maximum absolute atomic E-state index is 12.4. The highest BCUT2D eigenvalue weighted by atomic mass is 19.4. The Balaban J connectivity index is 2.11. The van der Waals surface area contributed by atoms with Gasteiger partial charge >= 0.3 is 12.3 Å². The van der Waals surface area contributed by atoms with Crippen molar-refractivity contribution < 1.29 is 22.7 Å². The summed E-state index contributed by atoms with van der Waals surface area (Å²) in [7, 11) is 0. The Morgan fingerprint density at radius 1 is 1.17 bits per heavy atom. The first-order valence-electron chi connectivity index (χ1n) is 7.77. The lowest BCUT2D eigenvalue weighted by Gasteiger charge is -2.19. The van der Waals surface area contributed by atoms with Gasteiger partial charge in [-0.2, -0.15) is 13.2 Å². The van der Waals surface area contributed by atoms with E-state index in [9.17, 15) is 18.0 Å².